The van der Waals surface area contributed by atoms with Crippen molar-refractivity contribution in [1.82, 2.24) is 9.80 Å². The van der Waals surface area contributed by atoms with Crippen molar-refractivity contribution in [3.63, 3.8) is 0 Å². The van der Waals surface area contributed by atoms with E-state index in [2.05, 4.69) is 4.90 Å². The van der Waals surface area contributed by atoms with Crippen LogP contribution in [0.5, 0.6) is 0 Å². The number of likely N-dealkylation sites (tertiary alicyclic amines) is 1. The lowest BCUT2D eigenvalue weighted by Crippen LogP contribution is -2.53. The zero-order valence-electron chi connectivity index (χ0n) is 22.3. The number of carbonyl (C=O) groups is 2. The topological polar surface area (TPSA) is 75.9 Å². The zero-order valence-corrected chi connectivity index (χ0v) is 25.3. The Kier molecular flexibility index (Phi) is 9.78. The van der Waals surface area contributed by atoms with Gasteiger partial charge in [-0.15, -0.1) is 0 Å². The summed E-state index contributed by atoms with van der Waals surface area (Å²) in [5, 5.41) is 1.92. The number of amides is 2. The van der Waals surface area contributed by atoms with Gasteiger partial charge in [-0.25, -0.2) is 0 Å². The lowest BCUT2D eigenvalue weighted by Gasteiger charge is -2.45. The zero-order chi connectivity index (χ0) is 28.4. The van der Waals surface area contributed by atoms with Gasteiger partial charge in [0.15, 0.2) is 0 Å². The van der Waals surface area contributed by atoms with E-state index in [1.807, 2.05) is 30.9 Å². The highest BCUT2D eigenvalue weighted by molar-refractivity contribution is 6.42. The van der Waals surface area contributed by atoms with Crippen LogP contribution in [0.1, 0.15) is 44.2 Å². The Bertz CT molecular complexity index is 1200. The first-order valence-corrected chi connectivity index (χ1v) is 14.8. The number of rotatable bonds is 8. The van der Waals surface area contributed by atoms with Crippen LogP contribution < -0.4 is 5.73 Å². The van der Waals surface area contributed by atoms with Crippen molar-refractivity contribution in [2.24, 2.45) is 17.1 Å². The van der Waals surface area contributed by atoms with Crippen LogP contribution in [0.15, 0.2) is 36.4 Å². The molecule has 0 spiro atoms. The lowest BCUT2D eigenvalue weighted by molar-refractivity contribution is -0.154. The van der Waals surface area contributed by atoms with Gasteiger partial charge in [0.1, 0.15) is 5.60 Å². The average Bonchev–Trinajstić information content (AvgIpc) is 2.88. The monoisotopic (exact) mass is 613 g/mol. The fourth-order valence-electron chi connectivity index (χ4n) is 5.66. The number of morpholine rings is 1. The molecule has 1 atom stereocenters. The number of benzene rings is 2. The van der Waals surface area contributed by atoms with E-state index in [0.29, 0.717) is 46.2 Å². The molecule has 0 radical (unpaired) electrons. The second-order valence-corrected chi connectivity index (χ2v) is 12.9. The molecule has 0 saturated carbocycles. The van der Waals surface area contributed by atoms with Gasteiger partial charge in [-0.1, -0.05) is 66.3 Å². The Morgan fingerprint density at radius 3 is 2.28 bits per heavy atom. The predicted molar refractivity (Wildman–Crippen MR) is 158 cm³/mol. The third-order valence-electron chi connectivity index (χ3n) is 8.34. The molecule has 212 valence electrons. The summed E-state index contributed by atoms with van der Waals surface area (Å²) in [6, 6.07) is 10.7. The van der Waals surface area contributed by atoms with Gasteiger partial charge in [-0.05, 0) is 79.7 Å². The Labute approximate surface area is 250 Å². The van der Waals surface area contributed by atoms with Crippen LogP contribution in [0.3, 0.4) is 0 Å². The molecule has 0 aromatic heterocycles. The summed E-state index contributed by atoms with van der Waals surface area (Å²) >= 11 is 25.0. The van der Waals surface area contributed by atoms with Gasteiger partial charge in [0.05, 0.1) is 29.6 Å². The highest BCUT2D eigenvalue weighted by Gasteiger charge is 2.42. The van der Waals surface area contributed by atoms with Crippen LogP contribution in [0.25, 0.3) is 0 Å². The Hall–Kier alpha value is -1.54. The number of nitrogens with two attached hydrogens (primary N) is 1. The van der Waals surface area contributed by atoms with Crippen LogP contribution in [0.4, 0.5) is 0 Å². The van der Waals surface area contributed by atoms with Crippen LogP contribution in [-0.2, 0) is 26.3 Å². The first-order chi connectivity index (χ1) is 18.4. The smallest absolute Gasteiger partial charge is 0.227 e. The van der Waals surface area contributed by atoms with Crippen LogP contribution in [0, 0.1) is 11.3 Å². The summed E-state index contributed by atoms with van der Waals surface area (Å²) in [6.45, 7) is 7.68. The molecule has 2 saturated heterocycles. The standard InChI is InChI=1S/C29H35Cl4N3O3/c1-28(2,27(34)38)20-5-8-35(9-6-20)10-7-29(21-3-4-24(32)25(33)16-21)18-36(11-12-39-29)26(37)15-19-13-22(30)17-23(31)14-19/h3-4,13-14,16-17,20H,5-12,15,18H2,1-2H3,(H2,34,38). The Balaban J connectivity index is 1.50. The molecule has 2 N–H and O–H groups in total. The normalized spacial score (nSPS) is 21.2. The Morgan fingerprint density at radius 2 is 1.67 bits per heavy atom. The number of carbonyl (C=O) groups excluding carboxylic acids is 2. The molecule has 1 unspecified atom stereocenters. The highest BCUT2D eigenvalue weighted by atomic mass is 35.5. The molecule has 2 aromatic carbocycles. The lowest BCUT2D eigenvalue weighted by atomic mass is 9.73. The van der Waals surface area contributed by atoms with Gasteiger partial charge in [-0.3, -0.25) is 9.59 Å². The van der Waals surface area contributed by atoms with Crippen LogP contribution in [0.2, 0.25) is 20.1 Å². The predicted octanol–water partition coefficient (Wildman–Crippen LogP) is 6.21. The van der Waals surface area contributed by atoms with Gasteiger partial charge in [0.25, 0.3) is 0 Å². The number of hydrogen-bond acceptors (Lipinski definition) is 4. The molecule has 2 aromatic rings. The SMILES string of the molecule is CC(C)(C(N)=O)C1CCN(CCC2(c3ccc(Cl)c(Cl)c3)CN(C(=O)Cc3cc(Cl)cc(Cl)c3)CCO2)CC1. The van der Waals surface area contributed by atoms with Crippen LogP contribution >= 0.6 is 46.4 Å². The molecule has 10 heteroatoms. The van der Waals surface area contributed by atoms with Crippen molar-refractivity contribution in [3.8, 4) is 0 Å². The summed E-state index contributed by atoms with van der Waals surface area (Å²) < 4.78 is 6.49. The number of primary amides is 1. The van der Waals surface area contributed by atoms with E-state index >= 15 is 0 Å². The van der Waals surface area contributed by atoms with Crippen molar-refractivity contribution < 1.29 is 14.3 Å². The van der Waals surface area contributed by atoms with Gasteiger partial charge in [0.2, 0.25) is 11.8 Å². The third-order valence-corrected chi connectivity index (χ3v) is 9.51. The molecular formula is C29H35Cl4N3O3. The maximum atomic E-state index is 13.4. The van der Waals surface area contributed by atoms with E-state index in [-0.39, 0.29) is 24.2 Å². The molecule has 2 fully saturated rings. The molecule has 2 amide bonds. The molecular weight excluding hydrogens is 580 g/mol. The van der Waals surface area contributed by atoms with Crippen molar-refractivity contribution >= 4 is 58.2 Å². The van der Waals surface area contributed by atoms with Crippen molar-refractivity contribution in [2.45, 2.75) is 45.1 Å². The molecule has 0 bridgehead atoms. The van der Waals surface area contributed by atoms with Gasteiger partial charge < -0.3 is 20.3 Å². The number of nitrogens with zero attached hydrogens (tertiary/aromatic N) is 2. The van der Waals surface area contributed by atoms with E-state index in [1.165, 1.54) is 0 Å². The van der Waals surface area contributed by atoms with E-state index < -0.39 is 11.0 Å². The minimum atomic E-state index is -0.739. The number of halogens is 4. The van der Waals surface area contributed by atoms with Gasteiger partial charge in [0, 0.05) is 28.5 Å². The van der Waals surface area contributed by atoms with E-state index in [0.717, 1.165) is 43.6 Å². The van der Waals surface area contributed by atoms with Crippen LogP contribution in [-0.4, -0.2) is 60.9 Å². The fourth-order valence-corrected chi connectivity index (χ4v) is 6.53. The van der Waals surface area contributed by atoms with Crippen molar-refractivity contribution in [1.29, 1.82) is 0 Å². The van der Waals surface area contributed by atoms with E-state index in [1.54, 1.807) is 24.3 Å². The molecule has 4 rings (SSSR count). The summed E-state index contributed by atoms with van der Waals surface area (Å²) in [6.07, 6.45) is 2.68. The third kappa shape index (κ3) is 7.22. The first kappa shape index (κ1) is 30.4. The Morgan fingerprint density at radius 1 is 1.00 bits per heavy atom. The molecule has 2 aliphatic rings. The molecule has 39 heavy (non-hydrogen) atoms. The minimum absolute atomic E-state index is 0.0180. The van der Waals surface area contributed by atoms with E-state index in [9.17, 15) is 9.59 Å². The summed E-state index contributed by atoms with van der Waals surface area (Å²) in [5.41, 5.74) is 6.07. The number of piperidine rings is 1. The van der Waals surface area contributed by atoms with E-state index in [4.69, 9.17) is 56.9 Å². The van der Waals surface area contributed by atoms with Crippen molar-refractivity contribution in [2.75, 3.05) is 39.3 Å². The van der Waals surface area contributed by atoms with Gasteiger partial charge in [-0.2, -0.15) is 0 Å². The summed E-state index contributed by atoms with van der Waals surface area (Å²) in [7, 11) is 0. The largest absolute Gasteiger partial charge is 0.369 e. The fraction of sp³-hybridized carbons (Fsp3) is 0.517. The van der Waals surface area contributed by atoms with Crippen molar-refractivity contribution in [3.05, 3.63) is 67.6 Å². The second kappa shape index (κ2) is 12.5. The number of hydrogen-bond donors (Lipinski definition) is 1. The first-order valence-electron chi connectivity index (χ1n) is 13.2. The molecule has 2 heterocycles. The maximum absolute atomic E-state index is 13.4. The number of ether oxygens (including phenoxy) is 1. The van der Waals surface area contributed by atoms with Gasteiger partial charge >= 0.3 is 0 Å². The quantitative estimate of drug-likeness (QED) is 0.383. The maximum Gasteiger partial charge on any atom is 0.227 e. The second-order valence-electron chi connectivity index (χ2n) is 11.2. The summed E-state index contributed by atoms with van der Waals surface area (Å²) in [4.78, 5) is 29.6. The minimum Gasteiger partial charge on any atom is -0.369 e. The molecule has 6 nitrogen and oxygen atoms in total. The molecule has 0 aliphatic carbocycles. The average molecular weight is 615 g/mol. The highest BCUT2D eigenvalue weighted by Crippen LogP contribution is 2.39. The molecule has 2 aliphatic heterocycles. The summed E-state index contributed by atoms with van der Waals surface area (Å²) in [5.74, 6) is -0.00943.